The molecule has 1 aliphatic rings. The molecule has 0 amide bonds. The maximum absolute atomic E-state index is 11.4. The van der Waals surface area contributed by atoms with Crippen LogP contribution in [0.25, 0.3) is 0 Å². The third kappa shape index (κ3) is 3.49. The second-order valence-corrected chi connectivity index (χ2v) is 5.77. The molecule has 1 aromatic rings. The third-order valence-corrected chi connectivity index (χ3v) is 3.76. The number of benzene rings is 1. The molecule has 0 saturated carbocycles. The van der Waals surface area contributed by atoms with Crippen LogP contribution in [-0.4, -0.2) is 17.7 Å². The van der Waals surface area contributed by atoms with E-state index in [4.69, 9.17) is 4.74 Å². The first-order chi connectivity index (χ1) is 9.08. The van der Waals surface area contributed by atoms with Gasteiger partial charge in [0.1, 0.15) is 5.75 Å². The van der Waals surface area contributed by atoms with E-state index in [1.54, 1.807) is 0 Å². The first kappa shape index (κ1) is 13.9. The summed E-state index contributed by atoms with van der Waals surface area (Å²) in [5.41, 5.74) is 1.17. The van der Waals surface area contributed by atoms with Crippen molar-refractivity contribution < 1.29 is 14.6 Å². The minimum atomic E-state index is -0.669. The summed E-state index contributed by atoms with van der Waals surface area (Å²) in [5, 5.41) is 9.37. The molecule has 1 N–H and O–H groups in total. The van der Waals surface area contributed by atoms with Gasteiger partial charge < -0.3 is 9.84 Å². The summed E-state index contributed by atoms with van der Waals surface area (Å²) >= 11 is 0. The first-order valence-electron chi connectivity index (χ1n) is 7.02. The number of hydrogen-bond acceptors (Lipinski definition) is 2. The number of fused-ring (bicyclic) bond motifs is 1. The van der Waals surface area contributed by atoms with Crippen molar-refractivity contribution in [2.75, 3.05) is 6.61 Å². The number of carboxylic acid groups (broad SMARTS) is 1. The number of aliphatic carboxylic acids is 1. The highest BCUT2D eigenvalue weighted by atomic mass is 16.5. The Bertz CT molecular complexity index is 439. The highest BCUT2D eigenvalue weighted by molar-refractivity contribution is 5.70. The van der Waals surface area contributed by atoms with E-state index in [0.717, 1.165) is 18.6 Å². The van der Waals surface area contributed by atoms with Crippen LogP contribution in [0, 0.1) is 11.8 Å². The van der Waals surface area contributed by atoms with Crippen molar-refractivity contribution in [1.82, 2.24) is 0 Å². The van der Waals surface area contributed by atoms with Gasteiger partial charge in [-0.05, 0) is 42.7 Å². The molecule has 1 aliphatic heterocycles. The van der Waals surface area contributed by atoms with E-state index >= 15 is 0 Å². The molecule has 0 bridgehead atoms. The molecular weight excluding hydrogens is 240 g/mol. The molecule has 2 rings (SSSR count). The maximum atomic E-state index is 11.4. The van der Waals surface area contributed by atoms with Gasteiger partial charge in [-0.1, -0.05) is 32.0 Å². The largest absolute Gasteiger partial charge is 0.493 e. The summed E-state index contributed by atoms with van der Waals surface area (Å²) in [6.45, 7) is 4.84. The molecule has 0 radical (unpaired) electrons. The van der Waals surface area contributed by atoms with Gasteiger partial charge in [0.25, 0.3) is 0 Å². The molecule has 0 spiro atoms. The van der Waals surface area contributed by atoms with Gasteiger partial charge in [-0.25, -0.2) is 0 Å². The van der Waals surface area contributed by atoms with Crippen LogP contribution in [0.15, 0.2) is 24.3 Å². The second kappa shape index (κ2) is 6.09. The van der Waals surface area contributed by atoms with Crippen LogP contribution in [0.5, 0.6) is 5.75 Å². The Morgan fingerprint density at radius 3 is 2.84 bits per heavy atom. The van der Waals surface area contributed by atoms with Crippen molar-refractivity contribution in [3.63, 3.8) is 0 Å². The molecular formula is C16H22O3. The molecule has 0 saturated heterocycles. The van der Waals surface area contributed by atoms with Crippen LogP contribution in [0.1, 0.15) is 44.6 Å². The quantitative estimate of drug-likeness (QED) is 0.880. The number of carbonyl (C=O) groups is 1. The Morgan fingerprint density at radius 1 is 1.42 bits per heavy atom. The Labute approximate surface area is 114 Å². The summed E-state index contributed by atoms with van der Waals surface area (Å²) < 4.78 is 5.63. The van der Waals surface area contributed by atoms with Crippen molar-refractivity contribution in [2.24, 2.45) is 11.8 Å². The average Bonchev–Trinajstić information content (AvgIpc) is 2.37. The van der Waals surface area contributed by atoms with E-state index < -0.39 is 5.97 Å². The topological polar surface area (TPSA) is 46.5 Å². The van der Waals surface area contributed by atoms with Crippen molar-refractivity contribution in [3.05, 3.63) is 29.8 Å². The van der Waals surface area contributed by atoms with Crippen molar-refractivity contribution in [1.29, 1.82) is 0 Å². The normalized spacial score (nSPS) is 19.6. The predicted molar refractivity (Wildman–Crippen MR) is 74.5 cm³/mol. The standard InChI is InChI=1S/C16H22O3/c1-11(2)9-13(16(17)18)10-12-7-8-19-15-6-4-3-5-14(12)15/h3-6,11-13H,7-10H2,1-2H3,(H,17,18). The SMILES string of the molecule is CC(C)CC(CC1CCOc2ccccc21)C(=O)O. The molecule has 2 unspecified atom stereocenters. The van der Waals surface area contributed by atoms with Crippen LogP contribution in [0.3, 0.4) is 0 Å². The van der Waals surface area contributed by atoms with E-state index in [-0.39, 0.29) is 5.92 Å². The molecule has 1 aromatic carbocycles. The number of ether oxygens (including phenoxy) is 1. The Kier molecular flexibility index (Phi) is 4.46. The van der Waals surface area contributed by atoms with Gasteiger partial charge >= 0.3 is 5.97 Å². The fraction of sp³-hybridized carbons (Fsp3) is 0.562. The summed E-state index contributed by atoms with van der Waals surface area (Å²) in [4.78, 5) is 11.4. The number of hydrogen-bond donors (Lipinski definition) is 1. The van der Waals surface area contributed by atoms with E-state index in [0.29, 0.717) is 24.9 Å². The van der Waals surface area contributed by atoms with Crippen LogP contribution >= 0.6 is 0 Å². The second-order valence-electron chi connectivity index (χ2n) is 5.77. The highest BCUT2D eigenvalue weighted by Crippen LogP contribution is 2.38. The zero-order valence-electron chi connectivity index (χ0n) is 11.6. The molecule has 0 fully saturated rings. The monoisotopic (exact) mass is 262 g/mol. The fourth-order valence-electron chi connectivity index (χ4n) is 2.87. The highest BCUT2D eigenvalue weighted by Gasteiger charge is 2.28. The molecule has 2 atom stereocenters. The van der Waals surface area contributed by atoms with Crippen molar-refractivity contribution in [2.45, 2.75) is 39.0 Å². The van der Waals surface area contributed by atoms with Crippen LogP contribution < -0.4 is 4.74 Å². The Balaban J connectivity index is 2.12. The van der Waals surface area contributed by atoms with Crippen LogP contribution in [0.2, 0.25) is 0 Å². The summed E-state index contributed by atoms with van der Waals surface area (Å²) in [5.74, 6) is 0.724. The summed E-state index contributed by atoms with van der Waals surface area (Å²) in [7, 11) is 0. The Hall–Kier alpha value is -1.51. The van der Waals surface area contributed by atoms with E-state index in [1.165, 1.54) is 5.56 Å². The van der Waals surface area contributed by atoms with Gasteiger partial charge in [0, 0.05) is 0 Å². The lowest BCUT2D eigenvalue weighted by Crippen LogP contribution is -2.22. The number of carboxylic acids is 1. The van der Waals surface area contributed by atoms with Gasteiger partial charge in [-0.3, -0.25) is 4.79 Å². The number of para-hydroxylation sites is 1. The van der Waals surface area contributed by atoms with Crippen LogP contribution in [-0.2, 0) is 4.79 Å². The molecule has 104 valence electrons. The summed E-state index contributed by atoms with van der Waals surface area (Å²) in [6, 6.07) is 8.00. The Morgan fingerprint density at radius 2 is 2.16 bits per heavy atom. The lowest BCUT2D eigenvalue weighted by atomic mass is 9.82. The predicted octanol–water partition coefficient (Wildman–Crippen LogP) is 3.69. The lowest BCUT2D eigenvalue weighted by molar-refractivity contribution is -0.142. The third-order valence-electron chi connectivity index (χ3n) is 3.76. The minimum absolute atomic E-state index is 0.254. The van der Waals surface area contributed by atoms with E-state index in [2.05, 4.69) is 19.9 Å². The molecule has 3 heteroatoms. The van der Waals surface area contributed by atoms with Crippen molar-refractivity contribution in [3.8, 4) is 5.75 Å². The summed E-state index contributed by atoms with van der Waals surface area (Å²) in [6.07, 6.45) is 2.38. The molecule has 3 nitrogen and oxygen atoms in total. The fourth-order valence-corrected chi connectivity index (χ4v) is 2.87. The van der Waals surface area contributed by atoms with Crippen LogP contribution in [0.4, 0.5) is 0 Å². The number of rotatable bonds is 5. The molecule has 19 heavy (non-hydrogen) atoms. The average molecular weight is 262 g/mol. The maximum Gasteiger partial charge on any atom is 0.306 e. The van der Waals surface area contributed by atoms with Gasteiger partial charge in [0.05, 0.1) is 12.5 Å². The smallest absolute Gasteiger partial charge is 0.306 e. The zero-order chi connectivity index (χ0) is 13.8. The molecule has 0 aromatic heterocycles. The van der Waals surface area contributed by atoms with Gasteiger partial charge in [0.15, 0.2) is 0 Å². The minimum Gasteiger partial charge on any atom is -0.493 e. The first-order valence-corrected chi connectivity index (χ1v) is 7.02. The van der Waals surface area contributed by atoms with Gasteiger partial charge in [0.2, 0.25) is 0 Å². The van der Waals surface area contributed by atoms with Gasteiger partial charge in [-0.15, -0.1) is 0 Å². The van der Waals surface area contributed by atoms with Gasteiger partial charge in [-0.2, -0.15) is 0 Å². The molecule has 1 heterocycles. The molecule has 0 aliphatic carbocycles. The van der Waals surface area contributed by atoms with E-state index in [9.17, 15) is 9.90 Å². The lowest BCUT2D eigenvalue weighted by Gasteiger charge is -2.28. The zero-order valence-corrected chi connectivity index (χ0v) is 11.6. The van der Waals surface area contributed by atoms with Crippen molar-refractivity contribution >= 4 is 5.97 Å². The van der Waals surface area contributed by atoms with E-state index in [1.807, 2.05) is 18.2 Å².